The highest BCUT2D eigenvalue weighted by Gasteiger charge is 2.05. The van der Waals surface area contributed by atoms with Crippen LogP contribution in [0.3, 0.4) is 0 Å². The zero-order valence-electron chi connectivity index (χ0n) is 10.5. The second-order valence-electron chi connectivity index (χ2n) is 4.52. The van der Waals surface area contributed by atoms with Crippen LogP contribution in [0.4, 0.5) is 0 Å². The number of fused-ring (bicyclic) bond motifs is 1. The highest BCUT2D eigenvalue weighted by molar-refractivity contribution is 5.96. The number of aryl methyl sites for hydroxylation is 2. The maximum Gasteiger partial charge on any atom is 0.152 e. The third-order valence-corrected chi connectivity index (χ3v) is 3.31. The van der Waals surface area contributed by atoms with E-state index in [1.807, 2.05) is 42.7 Å². The van der Waals surface area contributed by atoms with Gasteiger partial charge in [-0.15, -0.1) is 0 Å². The molecule has 0 aliphatic carbocycles. The Morgan fingerprint density at radius 1 is 1.16 bits per heavy atom. The van der Waals surface area contributed by atoms with Crippen molar-refractivity contribution in [2.75, 3.05) is 0 Å². The monoisotopic (exact) mass is 250 g/mol. The summed E-state index contributed by atoms with van der Waals surface area (Å²) < 4.78 is 2.13. The lowest BCUT2D eigenvalue weighted by molar-refractivity contribution is 0.112. The van der Waals surface area contributed by atoms with Gasteiger partial charge in [-0.1, -0.05) is 18.2 Å². The molecule has 0 aliphatic heterocycles. The van der Waals surface area contributed by atoms with Crippen molar-refractivity contribution >= 4 is 17.2 Å². The summed E-state index contributed by atoms with van der Waals surface area (Å²) in [5, 5.41) is 1.11. The molecule has 94 valence electrons. The van der Waals surface area contributed by atoms with Crippen LogP contribution in [0.2, 0.25) is 0 Å². The Labute approximate surface area is 111 Å². The molecule has 1 aromatic carbocycles. The summed E-state index contributed by atoms with van der Waals surface area (Å²) in [7, 11) is 0. The van der Waals surface area contributed by atoms with Crippen molar-refractivity contribution in [2.24, 2.45) is 0 Å². The standard InChI is InChI=1S/C16H14N2O/c19-12-15-5-1-4-14-7-10-18(16(14)15)9-6-13-3-2-8-17-11-13/h1-5,7-8,10-12H,6,9H2. The molecule has 0 N–H and O–H groups in total. The van der Waals surface area contributed by atoms with Gasteiger partial charge in [-0.05, 0) is 30.2 Å². The maximum absolute atomic E-state index is 11.1. The summed E-state index contributed by atoms with van der Waals surface area (Å²) in [5.74, 6) is 0. The number of nitrogens with zero attached hydrogens (tertiary/aromatic N) is 2. The van der Waals surface area contributed by atoms with Crippen LogP contribution in [0.1, 0.15) is 15.9 Å². The zero-order valence-corrected chi connectivity index (χ0v) is 10.5. The van der Waals surface area contributed by atoms with E-state index < -0.39 is 0 Å². The molecule has 0 spiro atoms. The average molecular weight is 250 g/mol. The minimum atomic E-state index is 0.744. The number of rotatable bonds is 4. The molecule has 2 aromatic heterocycles. The molecule has 3 heteroatoms. The van der Waals surface area contributed by atoms with Crippen LogP contribution in [0.25, 0.3) is 10.9 Å². The molecule has 0 amide bonds. The van der Waals surface area contributed by atoms with Crippen molar-refractivity contribution in [3.63, 3.8) is 0 Å². The van der Waals surface area contributed by atoms with Crippen molar-refractivity contribution in [1.82, 2.24) is 9.55 Å². The van der Waals surface area contributed by atoms with E-state index in [4.69, 9.17) is 0 Å². The van der Waals surface area contributed by atoms with Gasteiger partial charge in [0.05, 0.1) is 5.52 Å². The van der Waals surface area contributed by atoms with Gasteiger partial charge in [0.2, 0.25) is 0 Å². The third kappa shape index (κ3) is 2.27. The summed E-state index contributed by atoms with van der Waals surface area (Å²) in [4.78, 5) is 15.2. The smallest absolute Gasteiger partial charge is 0.152 e. The number of aromatic nitrogens is 2. The number of pyridine rings is 1. The second kappa shape index (κ2) is 5.06. The van der Waals surface area contributed by atoms with Gasteiger partial charge in [0, 0.05) is 36.1 Å². The molecule has 0 fully saturated rings. The molecule has 2 heterocycles. The van der Waals surface area contributed by atoms with Crippen LogP contribution in [0.15, 0.2) is 55.0 Å². The van der Waals surface area contributed by atoms with Crippen LogP contribution >= 0.6 is 0 Å². The number of aldehydes is 1. The van der Waals surface area contributed by atoms with Gasteiger partial charge >= 0.3 is 0 Å². The third-order valence-electron chi connectivity index (χ3n) is 3.31. The first kappa shape index (κ1) is 11.7. The number of para-hydroxylation sites is 1. The van der Waals surface area contributed by atoms with Crippen molar-refractivity contribution in [1.29, 1.82) is 0 Å². The van der Waals surface area contributed by atoms with E-state index in [0.717, 1.165) is 35.7 Å². The topological polar surface area (TPSA) is 34.9 Å². The first-order chi connectivity index (χ1) is 9.38. The SMILES string of the molecule is O=Cc1cccc2ccn(CCc3cccnc3)c12. The Morgan fingerprint density at radius 2 is 2.11 bits per heavy atom. The lowest BCUT2D eigenvalue weighted by Gasteiger charge is -2.07. The van der Waals surface area contributed by atoms with E-state index >= 15 is 0 Å². The summed E-state index contributed by atoms with van der Waals surface area (Å²) in [6.45, 7) is 0.847. The van der Waals surface area contributed by atoms with Gasteiger partial charge in [-0.25, -0.2) is 0 Å². The molecule has 0 aliphatic rings. The molecule has 0 atom stereocenters. The highest BCUT2D eigenvalue weighted by Crippen LogP contribution is 2.19. The summed E-state index contributed by atoms with van der Waals surface area (Å²) >= 11 is 0. The van der Waals surface area contributed by atoms with E-state index in [1.54, 1.807) is 6.20 Å². The first-order valence-corrected chi connectivity index (χ1v) is 6.30. The fourth-order valence-corrected chi connectivity index (χ4v) is 2.37. The molecule has 0 saturated carbocycles. The lowest BCUT2D eigenvalue weighted by atomic mass is 10.1. The van der Waals surface area contributed by atoms with E-state index in [0.29, 0.717) is 0 Å². The molecule has 19 heavy (non-hydrogen) atoms. The van der Waals surface area contributed by atoms with Gasteiger partial charge in [0.1, 0.15) is 0 Å². The number of carbonyl (C=O) groups excluding carboxylic acids is 1. The normalized spacial score (nSPS) is 10.7. The second-order valence-corrected chi connectivity index (χ2v) is 4.52. The molecule has 3 rings (SSSR count). The van der Waals surface area contributed by atoms with Crippen molar-refractivity contribution < 1.29 is 4.79 Å². The van der Waals surface area contributed by atoms with Crippen molar-refractivity contribution in [2.45, 2.75) is 13.0 Å². The molecule has 3 aromatic rings. The Bertz CT molecular complexity index is 701. The molecule has 0 bridgehead atoms. The Hall–Kier alpha value is -2.42. The molecule has 0 saturated heterocycles. The van der Waals surface area contributed by atoms with Gasteiger partial charge < -0.3 is 4.57 Å². The van der Waals surface area contributed by atoms with E-state index in [-0.39, 0.29) is 0 Å². The number of hydrogen-bond donors (Lipinski definition) is 0. The van der Waals surface area contributed by atoms with Gasteiger partial charge in [-0.3, -0.25) is 9.78 Å². The van der Waals surface area contributed by atoms with Gasteiger partial charge in [0.15, 0.2) is 6.29 Å². The molecular formula is C16H14N2O. The van der Waals surface area contributed by atoms with Crippen molar-refractivity contribution in [3.05, 3.63) is 66.1 Å². The average Bonchev–Trinajstić information content (AvgIpc) is 2.89. The molecule has 0 radical (unpaired) electrons. The fraction of sp³-hybridized carbons (Fsp3) is 0.125. The first-order valence-electron chi connectivity index (χ1n) is 6.30. The Morgan fingerprint density at radius 3 is 2.89 bits per heavy atom. The lowest BCUT2D eigenvalue weighted by Crippen LogP contribution is -2.01. The Kier molecular flexibility index (Phi) is 3.11. The quantitative estimate of drug-likeness (QED) is 0.667. The largest absolute Gasteiger partial charge is 0.347 e. The van der Waals surface area contributed by atoms with Gasteiger partial charge in [-0.2, -0.15) is 0 Å². The number of hydrogen-bond acceptors (Lipinski definition) is 2. The highest BCUT2D eigenvalue weighted by atomic mass is 16.1. The summed E-state index contributed by atoms with van der Waals surface area (Å²) in [6, 6.07) is 11.9. The van der Waals surface area contributed by atoms with E-state index in [1.165, 1.54) is 5.56 Å². The van der Waals surface area contributed by atoms with Crippen LogP contribution in [0.5, 0.6) is 0 Å². The summed E-state index contributed by atoms with van der Waals surface area (Å²) in [6.07, 6.45) is 7.52. The van der Waals surface area contributed by atoms with Crippen LogP contribution in [-0.2, 0) is 13.0 Å². The predicted octanol–water partition coefficient (Wildman–Crippen LogP) is 3.09. The van der Waals surface area contributed by atoms with Crippen LogP contribution in [0, 0.1) is 0 Å². The zero-order chi connectivity index (χ0) is 13.1. The minimum absolute atomic E-state index is 0.744. The van der Waals surface area contributed by atoms with Crippen LogP contribution < -0.4 is 0 Å². The fourth-order valence-electron chi connectivity index (χ4n) is 2.37. The van der Waals surface area contributed by atoms with Crippen LogP contribution in [-0.4, -0.2) is 15.8 Å². The van der Waals surface area contributed by atoms with E-state index in [2.05, 4.69) is 15.6 Å². The van der Waals surface area contributed by atoms with Crippen molar-refractivity contribution in [3.8, 4) is 0 Å². The minimum Gasteiger partial charge on any atom is -0.347 e. The summed E-state index contributed by atoms with van der Waals surface area (Å²) in [5.41, 5.74) is 2.96. The molecule has 0 unspecified atom stereocenters. The molecular weight excluding hydrogens is 236 g/mol. The van der Waals surface area contributed by atoms with Gasteiger partial charge in [0.25, 0.3) is 0 Å². The predicted molar refractivity (Wildman–Crippen MR) is 75.3 cm³/mol. The number of carbonyl (C=O) groups is 1. The Balaban J connectivity index is 1.91. The van der Waals surface area contributed by atoms with E-state index in [9.17, 15) is 4.79 Å². The number of benzene rings is 1. The molecule has 3 nitrogen and oxygen atoms in total. The maximum atomic E-state index is 11.1.